The minimum atomic E-state index is -0.128. The van der Waals surface area contributed by atoms with Crippen LogP contribution in [0, 0.1) is 0 Å². The molecule has 2 aromatic rings. The predicted molar refractivity (Wildman–Crippen MR) is 62.4 cm³/mol. The molecular formula is C11H15N5O. The molecular weight excluding hydrogens is 218 g/mol. The lowest BCUT2D eigenvalue weighted by Gasteiger charge is -2.03. The van der Waals surface area contributed by atoms with Gasteiger partial charge in [0.05, 0.1) is 6.33 Å². The van der Waals surface area contributed by atoms with Crippen LogP contribution in [-0.4, -0.2) is 31.8 Å². The van der Waals surface area contributed by atoms with Gasteiger partial charge in [0.15, 0.2) is 0 Å². The maximum Gasteiger partial charge on any atom is 0.271 e. The first-order chi connectivity index (χ1) is 8.25. The highest BCUT2D eigenvalue weighted by atomic mass is 16.1. The van der Waals surface area contributed by atoms with Crippen molar-refractivity contribution in [1.82, 2.24) is 24.6 Å². The van der Waals surface area contributed by atoms with Crippen LogP contribution in [0.1, 0.15) is 16.9 Å². The first-order valence-corrected chi connectivity index (χ1v) is 5.49. The van der Waals surface area contributed by atoms with Crippen LogP contribution in [0.3, 0.4) is 0 Å². The van der Waals surface area contributed by atoms with Crippen molar-refractivity contribution in [2.75, 3.05) is 6.54 Å². The third-order valence-electron chi connectivity index (χ3n) is 2.38. The Balaban J connectivity index is 1.70. The normalized spacial score (nSPS) is 10.4. The minimum absolute atomic E-state index is 0.128. The molecule has 0 spiro atoms. The van der Waals surface area contributed by atoms with Gasteiger partial charge in [-0.15, -0.1) is 0 Å². The number of carbonyl (C=O) groups is 1. The van der Waals surface area contributed by atoms with E-state index in [0.717, 1.165) is 13.0 Å². The SMILES string of the molecule is Cn1ccc(C(=O)NCCCn2ccnc2)n1. The first kappa shape index (κ1) is 11.4. The molecule has 1 amide bonds. The summed E-state index contributed by atoms with van der Waals surface area (Å²) in [7, 11) is 1.79. The van der Waals surface area contributed by atoms with Crippen molar-refractivity contribution in [2.24, 2.45) is 7.05 Å². The zero-order valence-electron chi connectivity index (χ0n) is 9.71. The van der Waals surface area contributed by atoms with Gasteiger partial charge in [0, 0.05) is 38.7 Å². The molecule has 1 N–H and O–H groups in total. The second kappa shape index (κ2) is 5.29. The number of hydrogen-bond donors (Lipinski definition) is 1. The number of nitrogens with one attached hydrogen (secondary N) is 1. The standard InChI is InChI=1S/C11H15N5O/c1-15-7-3-10(14-15)11(17)13-4-2-6-16-8-5-12-9-16/h3,5,7-9H,2,4,6H2,1H3,(H,13,17). The molecule has 0 aliphatic heterocycles. The molecule has 90 valence electrons. The molecule has 2 rings (SSSR count). The van der Waals surface area contributed by atoms with Crippen molar-refractivity contribution in [3.05, 3.63) is 36.7 Å². The average Bonchev–Trinajstić information content (AvgIpc) is 2.95. The van der Waals surface area contributed by atoms with E-state index in [1.807, 2.05) is 10.8 Å². The molecule has 0 radical (unpaired) electrons. The number of imidazole rings is 1. The molecule has 0 atom stereocenters. The zero-order chi connectivity index (χ0) is 12.1. The van der Waals surface area contributed by atoms with Crippen LogP contribution in [0.4, 0.5) is 0 Å². The van der Waals surface area contributed by atoms with E-state index in [0.29, 0.717) is 12.2 Å². The summed E-state index contributed by atoms with van der Waals surface area (Å²) in [6.45, 7) is 1.48. The van der Waals surface area contributed by atoms with Gasteiger partial charge in [-0.25, -0.2) is 4.98 Å². The number of hydrogen-bond acceptors (Lipinski definition) is 3. The third-order valence-corrected chi connectivity index (χ3v) is 2.38. The zero-order valence-corrected chi connectivity index (χ0v) is 9.71. The lowest BCUT2D eigenvalue weighted by Crippen LogP contribution is -2.25. The highest BCUT2D eigenvalue weighted by Crippen LogP contribution is 1.94. The second-order valence-corrected chi connectivity index (χ2v) is 3.78. The highest BCUT2D eigenvalue weighted by molar-refractivity contribution is 5.92. The number of amides is 1. The number of aromatic nitrogens is 4. The summed E-state index contributed by atoms with van der Waals surface area (Å²) in [6, 6.07) is 1.70. The van der Waals surface area contributed by atoms with Crippen molar-refractivity contribution >= 4 is 5.91 Å². The molecule has 0 bridgehead atoms. The summed E-state index contributed by atoms with van der Waals surface area (Å²) in [4.78, 5) is 15.6. The Morgan fingerprint density at radius 2 is 2.35 bits per heavy atom. The molecule has 17 heavy (non-hydrogen) atoms. The molecule has 6 nitrogen and oxygen atoms in total. The smallest absolute Gasteiger partial charge is 0.271 e. The Kier molecular flexibility index (Phi) is 3.54. The quantitative estimate of drug-likeness (QED) is 0.762. The first-order valence-electron chi connectivity index (χ1n) is 5.49. The van der Waals surface area contributed by atoms with Crippen molar-refractivity contribution in [3.8, 4) is 0 Å². The molecule has 0 aliphatic carbocycles. The molecule has 2 heterocycles. The molecule has 0 fully saturated rings. The van der Waals surface area contributed by atoms with Crippen molar-refractivity contribution < 1.29 is 4.79 Å². The van der Waals surface area contributed by atoms with Crippen LogP contribution < -0.4 is 5.32 Å². The molecule has 0 aromatic carbocycles. The van der Waals surface area contributed by atoms with Crippen LogP contribution in [0.15, 0.2) is 31.0 Å². The number of nitrogens with zero attached hydrogens (tertiary/aromatic N) is 4. The second-order valence-electron chi connectivity index (χ2n) is 3.78. The van der Waals surface area contributed by atoms with Gasteiger partial charge in [0.25, 0.3) is 5.91 Å². The van der Waals surface area contributed by atoms with E-state index in [4.69, 9.17) is 0 Å². The van der Waals surface area contributed by atoms with Gasteiger partial charge in [-0.2, -0.15) is 5.10 Å². The van der Waals surface area contributed by atoms with Crippen molar-refractivity contribution in [1.29, 1.82) is 0 Å². The van der Waals surface area contributed by atoms with E-state index in [9.17, 15) is 4.79 Å². The van der Waals surface area contributed by atoms with Gasteiger partial charge in [0.1, 0.15) is 5.69 Å². The van der Waals surface area contributed by atoms with E-state index in [1.165, 1.54) is 0 Å². The summed E-state index contributed by atoms with van der Waals surface area (Å²) in [5, 5.41) is 6.85. The van der Waals surface area contributed by atoms with Crippen molar-refractivity contribution in [3.63, 3.8) is 0 Å². The van der Waals surface area contributed by atoms with Gasteiger partial charge in [-0.3, -0.25) is 9.48 Å². The number of rotatable bonds is 5. The lowest BCUT2D eigenvalue weighted by atomic mass is 10.3. The van der Waals surface area contributed by atoms with Gasteiger partial charge < -0.3 is 9.88 Å². The van der Waals surface area contributed by atoms with Gasteiger partial charge in [0.2, 0.25) is 0 Å². The molecule has 0 saturated carbocycles. The summed E-state index contributed by atoms with van der Waals surface area (Å²) in [6.07, 6.45) is 8.03. The van der Waals surface area contributed by atoms with Crippen molar-refractivity contribution in [2.45, 2.75) is 13.0 Å². The van der Waals surface area contributed by atoms with Crippen LogP contribution in [-0.2, 0) is 13.6 Å². The minimum Gasteiger partial charge on any atom is -0.351 e. The third kappa shape index (κ3) is 3.17. The van der Waals surface area contributed by atoms with Crippen LogP contribution in [0.5, 0.6) is 0 Å². The Labute approximate surface area is 99.3 Å². The number of carbonyl (C=O) groups excluding carboxylic acids is 1. The Morgan fingerprint density at radius 3 is 3.00 bits per heavy atom. The van der Waals surface area contributed by atoms with E-state index in [-0.39, 0.29) is 5.91 Å². The predicted octanol–water partition coefficient (Wildman–Crippen LogP) is 0.437. The molecule has 0 aliphatic rings. The molecule has 0 saturated heterocycles. The monoisotopic (exact) mass is 233 g/mol. The maximum atomic E-state index is 11.6. The van der Waals surface area contributed by atoms with Gasteiger partial charge >= 0.3 is 0 Å². The summed E-state index contributed by atoms with van der Waals surface area (Å²) >= 11 is 0. The fourth-order valence-electron chi connectivity index (χ4n) is 1.51. The highest BCUT2D eigenvalue weighted by Gasteiger charge is 2.06. The van der Waals surface area contributed by atoms with Gasteiger partial charge in [-0.1, -0.05) is 0 Å². The maximum absolute atomic E-state index is 11.6. The summed E-state index contributed by atoms with van der Waals surface area (Å²) < 4.78 is 3.59. The Bertz CT molecular complexity index is 474. The van der Waals surface area contributed by atoms with E-state index < -0.39 is 0 Å². The molecule has 6 heteroatoms. The molecule has 2 aromatic heterocycles. The van der Waals surface area contributed by atoms with Gasteiger partial charge in [-0.05, 0) is 12.5 Å². The van der Waals surface area contributed by atoms with E-state index >= 15 is 0 Å². The van der Waals surface area contributed by atoms with E-state index in [1.54, 1.807) is 36.5 Å². The summed E-state index contributed by atoms with van der Waals surface area (Å²) in [5.41, 5.74) is 0.454. The largest absolute Gasteiger partial charge is 0.351 e. The fourth-order valence-corrected chi connectivity index (χ4v) is 1.51. The number of aryl methyl sites for hydroxylation is 2. The fraction of sp³-hybridized carbons (Fsp3) is 0.364. The van der Waals surface area contributed by atoms with Crippen LogP contribution in [0.2, 0.25) is 0 Å². The van der Waals surface area contributed by atoms with Crippen LogP contribution >= 0.6 is 0 Å². The van der Waals surface area contributed by atoms with Crippen LogP contribution in [0.25, 0.3) is 0 Å². The molecule has 0 unspecified atom stereocenters. The van der Waals surface area contributed by atoms with E-state index in [2.05, 4.69) is 15.4 Å². The average molecular weight is 233 g/mol. The topological polar surface area (TPSA) is 64.7 Å². The lowest BCUT2D eigenvalue weighted by molar-refractivity contribution is 0.0947. The Morgan fingerprint density at radius 1 is 1.47 bits per heavy atom. The summed E-state index contributed by atoms with van der Waals surface area (Å²) in [5.74, 6) is -0.128. The Hall–Kier alpha value is -2.11.